The Balaban J connectivity index is 2.09. The van der Waals surface area contributed by atoms with Gasteiger partial charge in [-0.15, -0.1) is 0 Å². The number of fused-ring (bicyclic) bond motifs is 1. The Morgan fingerprint density at radius 3 is 3.07 bits per heavy atom. The maximum atomic E-state index is 13.3. The van der Waals surface area contributed by atoms with E-state index in [9.17, 15) is 4.39 Å². The van der Waals surface area contributed by atoms with Crippen LogP contribution in [0.4, 0.5) is 4.39 Å². The van der Waals surface area contributed by atoms with Crippen LogP contribution in [-0.4, -0.2) is 11.6 Å². The molecule has 1 unspecified atom stereocenters. The highest BCUT2D eigenvalue weighted by molar-refractivity contribution is 5.73. The molecule has 1 fully saturated rings. The predicted octanol–water partition coefficient (Wildman–Crippen LogP) is 2.82. The number of ether oxygens (including phenoxy) is 1. The van der Waals surface area contributed by atoms with Crippen molar-refractivity contribution >= 4 is 11.1 Å². The number of hydrogen-bond acceptors (Lipinski definition) is 3. The molecule has 0 aliphatic carbocycles. The second-order valence-electron chi connectivity index (χ2n) is 3.64. The van der Waals surface area contributed by atoms with E-state index in [1.165, 1.54) is 6.07 Å². The molecule has 1 aromatic heterocycles. The van der Waals surface area contributed by atoms with Gasteiger partial charge in [0.05, 0.1) is 0 Å². The number of nitrogens with zero attached hydrogens (tertiary/aromatic N) is 1. The molecule has 0 radical (unpaired) electrons. The van der Waals surface area contributed by atoms with Crippen LogP contribution < -0.4 is 0 Å². The quantitative estimate of drug-likeness (QED) is 0.721. The molecule has 0 bridgehead atoms. The highest BCUT2D eigenvalue weighted by Crippen LogP contribution is 2.30. The number of hydrogen-bond donors (Lipinski definition) is 0. The first kappa shape index (κ1) is 8.85. The van der Waals surface area contributed by atoms with Crippen molar-refractivity contribution in [2.45, 2.75) is 18.9 Å². The van der Waals surface area contributed by atoms with Gasteiger partial charge in [0.25, 0.3) is 0 Å². The molecular weight excluding hydrogens is 197 g/mol. The third-order valence-corrected chi connectivity index (χ3v) is 2.59. The number of benzene rings is 1. The molecular formula is C11H10FNO2. The Morgan fingerprint density at radius 1 is 1.40 bits per heavy atom. The van der Waals surface area contributed by atoms with Gasteiger partial charge in [-0.05, 0) is 25.0 Å². The topological polar surface area (TPSA) is 35.3 Å². The van der Waals surface area contributed by atoms with Gasteiger partial charge in [-0.1, -0.05) is 6.07 Å². The van der Waals surface area contributed by atoms with E-state index in [1.807, 2.05) is 0 Å². The highest BCUT2D eigenvalue weighted by Gasteiger charge is 2.23. The third kappa shape index (κ3) is 1.41. The number of rotatable bonds is 1. The number of oxazole rings is 1. The monoisotopic (exact) mass is 207 g/mol. The van der Waals surface area contributed by atoms with E-state index in [-0.39, 0.29) is 11.9 Å². The largest absolute Gasteiger partial charge is 0.438 e. The Labute approximate surface area is 85.9 Å². The van der Waals surface area contributed by atoms with Gasteiger partial charge in [0.1, 0.15) is 11.6 Å². The first-order chi connectivity index (χ1) is 7.34. The summed E-state index contributed by atoms with van der Waals surface area (Å²) in [6.07, 6.45) is 1.80. The minimum absolute atomic E-state index is 0.100. The zero-order valence-electron chi connectivity index (χ0n) is 8.07. The van der Waals surface area contributed by atoms with Gasteiger partial charge < -0.3 is 9.15 Å². The smallest absolute Gasteiger partial charge is 0.224 e. The van der Waals surface area contributed by atoms with Gasteiger partial charge in [0.15, 0.2) is 11.4 Å². The van der Waals surface area contributed by atoms with Crippen molar-refractivity contribution in [1.82, 2.24) is 4.98 Å². The van der Waals surface area contributed by atoms with E-state index in [4.69, 9.17) is 9.15 Å². The number of halogens is 1. The molecule has 78 valence electrons. The van der Waals surface area contributed by atoms with Crippen molar-refractivity contribution in [2.24, 2.45) is 0 Å². The van der Waals surface area contributed by atoms with Crippen molar-refractivity contribution in [3.8, 4) is 0 Å². The molecule has 1 atom stereocenters. The lowest BCUT2D eigenvalue weighted by molar-refractivity contribution is 0.0907. The summed E-state index contributed by atoms with van der Waals surface area (Å²) in [5, 5.41) is 0. The second-order valence-corrected chi connectivity index (χ2v) is 3.64. The Hall–Kier alpha value is -1.42. The van der Waals surface area contributed by atoms with E-state index in [2.05, 4.69) is 4.98 Å². The molecule has 4 heteroatoms. The number of aromatic nitrogens is 1. The van der Waals surface area contributed by atoms with Crippen molar-refractivity contribution in [3.63, 3.8) is 0 Å². The van der Waals surface area contributed by atoms with E-state index >= 15 is 0 Å². The summed E-state index contributed by atoms with van der Waals surface area (Å²) in [6.45, 7) is 0.728. The lowest BCUT2D eigenvalue weighted by atomic mass is 10.2. The minimum atomic E-state index is -0.347. The summed E-state index contributed by atoms with van der Waals surface area (Å²) in [5.41, 5.74) is 0.781. The van der Waals surface area contributed by atoms with Gasteiger partial charge in [-0.3, -0.25) is 0 Å². The molecule has 2 heterocycles. The summed E-state index contributed by atoms with van der Waals surface area (Å²) in [5.74, 6) is 0.146. The maximum absolute atomic E-state index is 13.3. The maximum Gasteiger partial charge on any atom is 0.224 e. The van der Waals surface area contributed by atoms with Crippen LogP contribution in [0.5, 0.6) is 0 Å². The molecule has 2 aromatic rings. The SMILES string of the molecule is Fc1cccc2oc(C3CCCO3)nc12. The van der Waals surface area contributed by atoms with E-state index < -0.39 is 0 Å². The van der Waals surface area contributed by atoms with Crippen LogP contribution in [0.2, 0.25) is 0 Å². The molecule has 1 saturated heterocycles. The van der Waals surface area contributed by atoms with Crippen molar-refractivity contribution < 1.29 is 13.5 Å². The van der Waals surface area contributed by atoms with Crippen LogP contribution in [0.15, 0.2) is 22.6 Å². The first-order valence-corrected chi connectivity index (χ1v) is 5.01. The van der Waals surface area contributed by atoms with Gasteiger partial charge >= 0.3 is 0 Å². The summed E-state index contributed by atoms with van der Waals surface area (Å²) >= 11 is 0. The normalized spacial score (nSPS) is 21.3. The van der Waals surface area contributed by atoms with Crippen LogP contribution in [0, 0.1) is 5.82 Å². The van der Waals surface area contributed by atoms with Crippen LogP contribution in [0.3, 0.4) is 0 Å². The van der Waals surface area contributed by atoms with Crippen LogP contribution in [0.25, 0.3) is 11.1 Å². The molecule has 0 amide bonds. The Kier molecular flexibility index (Phi) is 1.95. The van der Waals surface area contributed by atoms with Gasteiger partial charge in [0.2, 0.25) is 5.89 Å². The lowest BCUT2D eigenvalue weighted by Crippen LogP contribution is -1.95. The van der Waals surface area contributed by atoms with Gasteiger partial charge in [-0.2, -0.15) is 0 Å². The van der Waals surface area contributed by atoms with E-state index in [1.54, 1.807) is 12.1 Å². The molecule has 1 aliphatic heterocycles. The van der Waals surface area contributed by atoms with Crippen LogP contribution in [-0.2, 0) is 4.74 Å². The average molecular weight is 207 g/mol. The summed E-state index contributed by atoms with van der Waals surface area (Å²) in [7, 11) is 0. The minimum Gasteiger partial charge on any atom is -0.438 e. The highest BCUT2D eigenvalue weighted by atomic mass is 19.1. The molecule has 0 spiro atoms. The molecule has 0 saturated carbocycles. The first-order valence-electron chi connectivity index (χ1n) is 5.01. The van der Waals surface area contributed by atoms with Gasteiger partial charge in [-0.25, -0.2) is 9.37 Å². The second kappa shape index (κ2) is 3.31. The zero-order valence-corrected chi connectivity index (χ0v) is 8.07. The van der Waals surface area contributed by atoms with Crippen molar-refractivity contribution in [2.75, 3.05) is 6.61 Å². The number of para-hydroxylation sites is 1. The summed E-state index contributed by atoms with van der Waals surface area (Å²) in [6, 6.07) is 4.70. The lowest BCUT2D eigenvalue weighted by Gasteiger charge is -2.01. The van der Waals surface area contributed by atoms with Crippen molar-refractivity contribution in [3.05, 3.63) is 29.9 Å². The van der Waals surface area contributed by atoms with Gasteiger partial charge in [0, 0.05) is 6.61 Å². The molecule has 3 nitrogen and oxygen atoms in total. The molecule has 0 N–H and O–H groups in total. The fraction of sp³-hybridized carbons (Fsp3) is 0.364. The van der Waals surface area contributed by atoms with E-state index in [0.29, 0.717) is 17.0 Å². The zero-order chi connectivity index (χ0) is 10.3. The average Bonchev–Trinajstić information content (AvgIpc) is 2.86. The standard InChI is InChI=1S/C11H10FNO2/c12-7-3-1-4-8-10(7)13-11(15-8)9-5-2-6-14-9/h1,3-4,9H,2,5-6H2. The molecule has 1 aromatic carbocycles. The fourth-order valence-corrected chi connectivity index (χ4v) is 1.84. The predicted molar refractivity (Wildman–Crippen MR) is 51.9 cm³/mol. The molecule has 1 aliphatic rings. The Bertz CT molecular complexity index is 488. The van der Waals surface area contributed by atoms with E-state index in [0.717, 1.165) is 19.4 Å². The molecule has 3 rings (SSSR count). The van der Waals surface area contributed by atoms with Crippen molar-refractivity contribution in [1.29, 1.82) is 0 Å². The fourth-order valence-electron chi connectivity index (χ4n) is 1.84. The third-order valence-electron chi connectivity index (χ3n) is 2.59. The van der Waals surface area contributed by atoms with Crippen LogP contribution in [0.1, 0.15) is 24.8 Å². The summed E-state index contributed by atoms with van der Waals surface area (Å²) < 4.78 is 24.2. The van der Waals surface area contributed by atoms with Crippen LogP contribution >= 0.6 is 0 Å². The Morgan fingerprint density at radius 2 is 2.33 bits per heavy atom. The molecule has 15 heavy (non-hydrogen) atoms. The summed E-state index contributed by atoms with van der Waals surface area (Å²) in [4.78, 5) is 4.13.